The van der Waals surface area contributed by atoms with Gasteiger partial charge in [0.2, 0.25) is 5.71 Å². The summed E-state index contributed by atoms with van der Waals surface area (Å²) in [5, 5.41) is 19.8. The van der Waals surface area contributed by atoms with Gasteiger partial charge in [0.25, 0.3) is 0 Å². The first-order chi connectivity index (χ1) is 11.1. The molecule has 0 amide bonds. The molecule has 4 N–H and O–H groups in total. The van der Waals surface area contributed by atoms with Gasteiger partial charge in [0.15, 0.2) is 11.6 Å². The molecule has 114 valence electrons. The number of carbonyl (C=O) groups is 1. The smallest absolute Gasteiger partial charge is 0.201 e. The van der Waals surface area contributed by atoms with Crippen LogP contribution in [0.2, 0.25) is 0 Å². The molecule has 0 spiro atoms. The summed E-state index contributed by atoms with van der Waals surface area (Å²) in [5.74, 6) is -0.510. The number of anilines is 1. The standard InChI is InChI=1S/C17H15N5O/c18-11-15(17(19)20)22-21-14-9-5-4-8-13(14)16(23)10-12-6-2-1-3-7-12/h1-9,21H,10H2,(H3,19,20)/b22-15+. The molecule has 6 heteroatoms. The minimum absolute atomic E-state index is 0.0733. The minimum Gasteiger partial charge on any atom is -0.382 e. The molecule has 0 unspecified atom stereocenters. The number of para-hydroxylation sites is 1. The Hall–Kier alpha value is -3.46. The van der Waals surface area contributed by atoms with Crippen molar-refractivity contribution in [2.24, 2.45) is 10.8 Å². The van der Waals surface area contributed by atoms with Gasteiger partial charge in [0.1, 0.15) is 6.07 Å². The van der Waals surface area contributed by atoms with Gasteiger partial charge in [-0.1, -0.05) is 42.5 Å². The summed E-state index contributed by atoms with van der Waals surface area (Å²) in [7, 11) is 0. The molecule has 0 aliphatic heterocycles. The maximum atomic E-state index is 12.5. The lowest BCUT2D eigenvalue weighted by Gasteiger charge is -2.08. The van der Waals surface area contributed by atoms with E-state index in [0.29, 0.717) is 11.3 Å². The van der Waals surface area contributed by atoms with Gasteiger partial charge in [-0.25, -0.2) is 0 Å². The van der Waals surface area contributed by atoms with Crippen molar-refractivity contribution in [1.29, 1.82) is 10.7 Å². The van der Waals surface area contributed by atoms with Gasteiger partial charge in [-0.15, -0.1) is 0 Å². The molecule has 6 nitrogen and oxygen atoms in total. The van der Waals surface area contributed by atoms with Crippen LogP contribution in [0.5, 0.6) is 0 Å². The van der Waals surface area contributed by atoms with Crippen molar-refractivity contribution >= 4 is 23.0 Å². The minimum atomic E-state index is -0.437. The highest BCUT2D eigenvalue weighted by Crippen LogP contribution is 2.17. The summed E-state index contributed by atoms with van der Waals surface area (Å²) in [6.45, 7) is 0. The van der Waals surface area contributed by atoms with Crippen LogP contribution in [-0.2, 0) is 6.42 Å². The van der Waals surface area contributed by atoms with Crippen molar-refractivity contribution < 1.29 is 4.79 Å². The summed E-state index contributed by atoms with van der Waals surface area (Å²) in [6, 6.07) is 18.0. The molecule has 0 saturated carbocycles. The summed E-state index contributed by atoms with van der Waals surface area (Å²) in [4.78, 5) is 12.5. The lowest BCUT2D eigenvalue weighted by molar-refractivity contribution is 0.0993. The van der Waals surface area contributed by atoms with Gasteiger partial charge in [-0.2, -0.15) is 10.4 Å². The van der Waals surface area contributed by atoms with E-state index in [4.69, 9.17) is 16.4 Å². The molecular weight excluding hydrogens is 290 g/mol. The molecule has 0 fully saturated rings. The molecule has 0 atom stereocenters. The number of Topliss-reactive ketones (excluding diaryl/α,β-unsaturated/α-hetero) is 1. The van der Waals surface area contributed by atoms with Crippen LogP contribution in [0.15, 0.2) is 59.7 Å². The second-order valence-electron chi connectivity index (χ2n) is 4.73. The Morgan fingerprint density at radius 2 is 1.83 bits per heavy atom. The Morgan fingerprint density at radius 1 is 1.17 bits per heavy atom. The van der Waals surface area contributed by atoms with Crippen molar-refractivity contribution in [2.75, 3.05) is 5.43 Å². The highest BCUT2D eigenvalue weighted by atomic mass is 16.1. The number of nitrogens with one attached hydrogen (secondary N) is 2. The van der Waals surface area contributed by atoms with Crippen LogP contribution in [-0.4, -0.2) is 17.3 Å². The molecule has 0 heterocycles. The first-order valence-corrected chi connectivity index (χ1v) is 6.86. The van der Waals surface area contributed by atoms with E-state index >= 15 is 0 Å². The first kappa shape index (κ1) is 15.9. The van der Waals surface area contributed by atoms with Crippen LogP contribution in [0, 0.1) is 16.7 Å². The first-order valence-electron chi connectivity index (χ1n) is 6.86. The van der Waals surface area contributed by atoms with E-state index in [9.17, 15) is 4.79 Å². The van der Waals surface area contributed by atoms with Crippen LogP contribution in [0.3, 0.4) is 0 Å². The van der Waals surface area contributed by atoms with Gasteiger partial charge in [-0.3, -0.25) is 15.6 Å². The maximum Gasteiger partial charge on any atom is 0.201 e. The number of rotatable bonds is 6. The maximum absolute atomic E-state index is 12.5. The molecule has 23 heavy (non-hydrogen) atoms. The molecule has 0 radical (unpaired) electrons. The zero-order valence-electron chi connectivity index (χ0n) is 12.3. The zero-order chi connectivity index (χ0) is 16.7. The highest BCUT2D eigenvalue weighted by Gasteiger charge is 2.12. The number of benzene rings is 2. The number of nitrogens with two attached hydrogens (primary N) is 1. The Morgan fingerprint density at radius 3 is 2.48 bits per heavy atom. The monoisotopic (exact) mass is 305 g/mol. The van der Waals surface area contributed by atoms with E-state index < -0.39 is 5.84 Å². The van der Waals surface area contributed by atoms with Crippen LogP contribution < -0.4 is 11.2 Å². The molecule has 2 rings (SSSR count). The number of amidine groups is 1. The van der Waals surface area contributed by atoms with E-state index in [0.717, 1.165) is 5.56 Å². The van der Waals surface area contributed by atoms with Crippen LogP contribution >= 0.6 is 0 Å². The van der Waals surface area contributed by atoms with Crippen LogP contribution in [0.1, 0.15) is 15.9 Å². The predicted octanol–water partition coefficient (Wildman–Crippen LogP) is 2.34. The number of hydrazone groups is 1. The Bertz CT molecular complexity index is 790. The van der Waals surface area contributed by atoms with Gasteiger partial charge in [0, 0.05) is 12.0 Å². The number of nitrogens with zero attached hydrogens (tertiary/aromatic N) is 2. The van der Waals surface area contributed by atoms with Crippen molar-refractivity contribution in [3.8, 4) is 6.07 Å². The van der Waals surface area contributed by atoms with Gasteiger partial charge < -0.3 is 5.73 Å². The fourth-order valence-electron chi connectivity index (χ4n) is 1.96. The Balaban J connectivity index is 2.22. The van der Waals surface area contributed by atoms with E-state index in [1.807, 2.05) is 30.3 Å². The van der Waals surface area contributed by atoms with Gasteiger partial charge in [-0.05, 0) is 17.7 Å². The van der Waals surface area contributed by atoms with E-state index in [-0.39, 0.29) is 17.9 Å². The lowest BCUT2D eigenvalue weighted by atomic mass is 10.0. The summed E-state index contributed by atoms with van der Waals surface area (Å²) in [6.07, 6.45) is 0.265. The van der Waals surface area contributed by atoms with Gasteiger partial charge >= 0.3 is 0 Å². The van der Waals surface area contributed by atoms with Crippen LogP contribution in [0.25, 0.3) is 0 Å². The molecule has 0 saturated heterocycles. The highest BCUT2D eigenvalue weighted by molar-refractivity contribution is 6.45. The SMILES string of the molecule is N#C/C(=N\Nc1ccccc1C(=O)Cc1ccccc1)C(=N)N. The normalized spacial score (nSPS) is 10.7. The van der Waals surface area contributed by atoms with E-state index in [1.54, 1.807) is 30.3 Å². The predicted molar refractivity (Wildman–Crippen MR) is 89.5 cm³/mol. The average Bonchev–Trinajstić information content (AvgIpc) is 2.56. The average molecular weight is 305 g/mol. The quantitative estimate of drug-likeness (QED) is 0.329. The topological polar surface area (TPSA) is 115 Å². The molecule has 0 bridgehead atoms. The summed E-state index contributed by atoms with van der Waals surface area (Å²) >= 11 is 0. The lowest BCUT2D eigenvalue weighted by Crippen LogP contribution is -2.22. The number of hydrogen-bond acceptors (Lipinski definition) is 5. The summed E-state index contributed by atoms with van der Waals surface area (Å²) in [5.41, 5.74) is 9.46. The fraction of sp³-hybridized carbons (Fsp3) is 0.0588. The third-order valence-electron chi connectivity index (χ3n) is 3.08. The zero-order valence-corrected chi connectivity index (χ0v) is 12.3. The number of nitriles is 1. The van der Waals surface area contributed by atoms with Crippen molar-refractivity contribution in [3.05, 3.63) is 65.7 Å². The van der Waals surface area contributed by atoms with E-state index in [1.165, 1.54) is 0 Å². The largest absolute Gasteiger partial charge is 0.382 e. The molecule has 0 aromatic heterocycles. The fourth-order valence-corrected chi connectivity index (χ4v) is 1.96. The number of ketones is 1. The number of carbonyl (C=O) groups excluding carboxylic acids is 1. The van der Waals surface area contributed by atoms with Crippen molar-refractivity contribution in [1.82, 2.24) is 0 Å². The van der Waals surface area contributed by atoms with Crippen LogP contribution in [0.4, 0.5) is 5.69 Å². The van der Waals surface area contributed by atoms with Crippen molar-refractivity contribution in [3.63, 3.8) is 0 Å². The molecular formula is C17H15N5O. The second-order valence-corrected chi connectivity index (χ2v) is 4.73. The molecule has 0 aliphatic rings. The summed E-state index contributed by atoms with van der Waals surface area (Å²) < 4.78 is 0. The third kappa shape index (κ3) is 4.25. The second kappa shape index (κ2) is 7.52. The third-order valence-corrected chi connectivity index (χ3v) is 3.08. The molecule has 2 aromatic carbocycles. The van der Waals surface area contributed by atoms with Gasteiger partial charge in [0.05, 0.1) is 5.69 Å². The Labute approximate surface area is 133 Å². The van der Waals surface area contributed by atoms with Crippen molar-refractivity contribution in [2.45, 2.75) is 6.42 Å². The molecule has 0 aliphatic carbocycles. The van der Waals surface area contributed by atoms with E-state index in [2.05, 4.69) is 10.5 Å². The number of hydrogen-bond donors (Lipinski definition) is 3. The Kier molecular flexibility index (Phi) is 5.21. The molecule has 2 aromatic rings.